The predicted molar refractivity (Wildman–Crippen MR) is 122 cm³/mol. The van der Waals surface area contributed by atoms with E-state index in [1.165, 1.54) is 21.6 Å². The molecule has 2 atom stereocenters. The van der Waals surface area contributed by atoms with Crippen LogP contribution in [0.4, 0.5) is 10.5 Å². The third kappa shape index (κ3) is 4.02. The fourth-order valence-electron chi connectivity index (χ4n) is 3.82. The first-order chi connectivity index (χ1) is 15.3. The van der Waals surface area contributed by atoms with Crippen LogP contribution >= 0.6 is 24.0 Å². The molecule has 4 N–H and O–H groups in total. The molecule has 0 radical (unpaired) electrons. The van der Waals surface area contributed by atoms with Crippen molar-refractivity contribution in [2.24, 2.45) is 0 Å². The fraction of sp³-hybridized carbons (Fsp3) is 0.350. The number of amides is 4. The van der Waals surface area contributed by atoms with E-state index in [1.54, 1.807) is 31.2 Å². The van der Waals surface area contributed by atoms with E-state index < -0.39 is 23.3 Å². The van der Waals surface area contributed by atoms with Gasteiger partial charge in [-0.05, 0) is 36.3 Å². The number of carbonyl (C=O) groups excluding carboxylic acids is 3. The number of rotatable bonds is 5. The molecule has 4 amide bonds. The zero-order chi connectivity index (χ0) is 23.0. The lowest BCUT2D eigenvalue weighted by atomic mass is 10.0. The Morgan fingerprint density at radius 3 is 2.75 bits per heavy atom. The Morgan fingerprint density at radius 1 is 1.31 bits per heavy atom. The minimum atomic E-state index is -1.14. The Kier molecular flexibility index (Phi) is 6.07. The van der Waals surface area contributed by atoms with Crippen LogP contribution in [0.1, 0.15) is 12.5 Å². The molecule has 0 spiro atoms. The predicted octanol–water partition coefficient (Wildman–Crippen LogP) is 0.710. The molecule has 2 saturated heterocycles. The largest absolute Gasteiger partial charge is 0.477 e. The van der Waals surface area contributed by atoms with Gasteiger partial charge in [-0.15, -0.1) is 11.8 Å². The van der Waals surface area contributed by atoms with Gasteiger partial charge in [-0.25, -0.2) is 9.59 Å². The van der Waals surface area contributed by atoms with Gasteiger partial charge in [0.05, 0.1) is 6.42 Å². The van der Waals surface area contributed by atoms with Gasteiger partial charge in [0.25, 0.3) is 5.91 Å². The van der Waals surface area contributed by atoms with Crippen molar-refractivity contribution in [3.8, 4) is 0 Å². The summed E-state index contributed by atoms with van der Waals surface area (Å²) in [5, 5.41) is 17.6. The van der Waals surface area contributed by atoms with Crippen molar-refractivity contribution in [3.05, 3.63) is 41.1 Å². The first-order valence-corrected chi connectivity index (χ1v) is 11.3. The standard InChI is InChI=1S/C20H21N5O5S2/c1-10-9-32-17-14(16(27)25(17)15(10)18(28)29)23-13(26)8-11-4-2-3-5-12(11)22-20(31)24-7-6-21-19(24)30/h2-5,14,17H,6-9H2,1H3,(H,21,30)(H,22,31)(H,23,26)(H,28,29)/t14?,17-/m1/s1. The van der Waals surface area contributed by atoms with Gasteiger partial charge in [-0.1, -0.05) is 18.2 Å². The summed E-state index contributed by atoms with van der Waals surface area (Å²) >= 11 is 6.74. The Hall–Kier alpha value is -3.12. The van der Waals surface area contributed by atoms with Crippen LogP contribution in [0.3, 0.4) is 0 Å². The summed E-state index contributed by atoms with van der Waals surface area (Å²) in [7, 11) is 0. The molecular formula is C20H21N5O5S2. The van der Waals surface area contributed by atoms with E-state index in [1.807, 2.05) is 0 Å². The Labute approximate surface area is 193 Å². The Morgan fingerprint density at radius 2 is 2.06 bits per heavy atom. The molecular weight excluding hydrogens is 454 g/mol. The summed E-state index contributed by atoms with van der Waals surface area (Å²) in [5.41, 5.74) is 1.86. The Bertz CT molecular complexity index is 1060. The first-order valence-electron chi connectivity index (χ1n) is 9.89. The molecule has 12 heteroatoms. The number of carboxylic acids is 1. The molecule has 4 rings (SSSR count). The maximum Gasteiger partial charge on any atom is 0.352 e. The molecule has 3 aliphatic rings. The van der Waals surface area contributed by atoms with Gasteiger partial charge in [-0.2, -0.15) is 0 Å². The molecule has 168 valence electrons. The van der Waals surface area contributed by atoms with E-state index >= 15 is 0 Å². The topological polar surface area (TPSA) is 131 Å². The van der Waals surface area contributed by atoms with Crippen LogP contribution in [0.25, 0.3) is 0 Å². The second kappa shape index (κ2) is 8.79. The molecule has 1 unspecified atom stereocenters. The highest BCUT2D eigenvalue weighted by Gasteiger charge is 2.53. The number of β-lactam (4-membered cyclic amide) rings is 1. The van der Waals surface area contributed by atoms with Crippen LogP contribution in [0, 0.1) is 0 Å². The van der Waals surface area contributed by atoms with Gasteiger partial charge in [0.2, 0.25) is 5.91 Å². The van der Waals surface area contributed by atoms with Gasteiger partial charge in [0, 0.05) is 24.5 Å². The van der Waals surface area contributed by atoms with Crippen LogP contribution in [-0.2, 0) is 20.8 Å². The maximum absolute atomic E-state index is 12.7. The van der Waals surface area contributed by atoms with Crippen molar-refractivity contribution < 1.29 is 24.3 Å². The number of benzene rings is 1. The molecule has 0 aromatic heterocycles. The summed E-state index contributed by atoms with van der Waals surface area (Å²) in [6.07, 6.45) is -0.0141. The minimum absolute atomic E-state index is 0.00161. The molecule has 3 aliphatic heterocycles. The lowest BCUT2D eigenvalue weighted by Crippen LogP contribution is -2.70. The summed E-state index contributed by atoms with van der Waals surface area (Å²) in [6.45, 7) is 2.65. The van der Waals surface area contributed by atoms with Crippen molar-refractivity contribution in [3.63, 3.8) is 0 Å². The lowest BCUT2D eigenvalue weighted by molar-refractivity contribution is -0.150. The fourth-order valence-corrected chi connectivity index (χ4v) is 5.39. The number of anilines is 1. The van der Waals surface area contributed by atoms with Gasteiger partial charge < -0.3 is 21.1 Å². The second-order valence-corrected chi connectivity index (χ2v) is 9.03. The van der Waals surface area contributed by atoms with Crippen LogP contribution in [0.2, 0.25) is 0 Å². The molecule has 10 nitrogen and oxygen atoms in total. The van der Waals surface area contributed by atoms with Crippen LogP contribution < -0.4 is 16.0 Å². The highest BCUT2D eigenvalue weighted by Crippen LogP contribution is 2.40. The van der Waals surface area contributed by atoms with Crippen molar-refractivity contribution in [1.82, 2.24) is 20.4 Å². The molecule has 1 aromatic carbocycles. The number of nitrogens with one attached hydrogen (secondary N) is 3. The molecule has 0 aliphatic carbocycles. The van der Waals surface area contributed by atoms with Gasteiger partial charge >= 0.3 is 12.0 Å². The third-order valence-electron chi connectivity index (χ3n) is 5.39. The SMILES string of the molecule is CC1=C(C(=O)O)N2C(=O)C(NC(=O)Cc3ccccc3NC(=S)N3CCNC3=O)[C@H]2SC1. The zero-order valence-corrected chi connectivity index (χ0v) is 18.7. The smallest absolute Gasteiger partial charge is 0.352 e. The normalized spacial score (nSPS) is 22.2. The third-order valence-corrected chi connectivity index (χ3v) is 7.14. The highest BCUT2D eigenvalue weighted by atomic mass is 32.2. The summed E-state index contributed by atoms with van der Waals surface area (Å²) in [5.74, 6) is -1.46. The minimum Gasteiger partial charge on any atom is -0.477 e. The van der Waals surface area contributed by atoms with E-state index in [-0.39, 0.29) is 29.2 Å². The average molecular weight is 476 g/mol. The number of nitrogens with zero attached hydrogens (tertiary/aromatic N) is 2. The van der Waals surface area contributed by atoms with E-state index in [0.29, 0.717) is 35.7 Å². The van der Waals surface area contributed by atoms with Gasteiger partial charge in [0.1, 0.15) is 17.1 Å². The maximum atomic E-state index is 12.7. The average Bonchev–Trinajstić information content (AvgIpc) is 3.19. The first kappa shape index (κ1) is 22.1. The highest BCUT2D eigenvalue weighted by molar-refractivity contribution is 8.00. The number of fused-ring (bicyclic) bond motifs is 1. The number of aliphatic carboxylic acids is 1. The van der Waals surface area contributed by atoms with Crippen LogP contribution in [0.5, 0.6) is 0 Å². The second-order valence-electron chi connectivity index (χ2n) is 7.54. The monoisotopic (exact) mass is 475 g/mol. The Balaban J connectivity index is 1.40. The molecule has 2 fully saturated rings. The van der Waals surface area contributed by atoms with Gasteiger partial charge in [-0.3, -0.25) is 19.4 Å². The molecule has 0 bridgehead atoms. The zero-order valence-electron chi connectivity index (χ0n) is 17.1. The number of urea groups is 1. The molecule has 0 saturated carbocycles. The van der Waals surface area contributed by atoms with Crippen molar-refractivity contribution in [2.45, 2.75) is 24.8 Å². The van der Waals surface area contributed by atoms with Crippen molar-refractivity contribution in [1.29, 1.82) is 0 Å². The summed E-state index contributed by atoms with van der Waals surface area (Å²) < 4.78 is 0. The number of para-hydroxylation sites is 1. The number of thiocarbonyl (C=S) groups is 1. The van der Waals surface area contributed by atoms with E-state index in [0.717, 1.165) is 0 Å². The molecule has 1 aromatic rings. The number of carbonyl (C=O) groups is 4. The lowest BCUT2D eigenvalue weighted by Gasteiger charge is -2.49. The number of thioether (sulfide) groups is 1. The number of carboxylic acid groups (broad SMARTS) is 1. The van der Waals surface area contributed by atoms with Crippen molar-refractivity contribution in [2.75, 3.05) is 24.2 Å². The quantitative estimate of drug-likeness (QED) is 0.362. The number of hydrogen-bond acceptors (Lipinski definition) is 6. The summed E-state index contributed by atoms with van der Waals surface area (Å²) in [4.78, 5) is 51.2. The van der Waals surface area contributed by atoms with E-state index in [9.17, 15) is 24.3 Å². The number of hydrogen-bond donors (Lipinski definition) is 4. The van der Waals surface area contributed by atoms with E-state index in [2.05, 4.69) is 16.0 Å². The summed E-state index contributed by atoms with van der Waals surface area (Å²) in [6, 6.07) is 6.02. The van der Waals surface area contributed by atoms with Crippen molar-refractivity contribution >= 4 is 58.6 Å². The van der Waals surface area contributed by atoms with Gasteiger partial charge in [0.15, 0.2) is 5.11 Å². The van der Waals surface area contributed by atoms with Crippen LogP contribution in [-0.4, -0.2) is 74.1 Å². The van der Waals surface area contributed by atoms with E-state index in [4.69, 9.17) is 12.2 Å². The molecule has 32 heavy (non-hydrogen) atoms. The van der Waals surface area contributed by atoms with Crippen LogP contribution in [0.15, 0.2) is 35.5 Å². The molecule has 3 heterocycles.